The molecule has 2 aliphatic rings. The topological polar surface area (TPSA) is 55.7 Å². The molecule has 6 rings (SSSR count). The minimum absolute atomic E-state index is 0.309. The Balaban J connectivity index is 1.12. The number of piperidine rings is 1. The number of pyridine rings is 2. The van der Waals surface area contributed by atoms with Gasteiger partial charge in [0.1, 0.15) is 5.75 Å². The van der Waals surface area contributed by atoms with Crippen LogP contribution in [-0.2, 0) is 0 Å². The van der Waals surface area contributed by atoms with Gasteiger partial charge in [-0.1, -0.05) is 18.2 Å². The van der Waals surface area contributed by atoms with Gasteiger partial charge in [-0.15, -0.1) is 0 Å². The number of aromatic hydroxyl groups is 1. The van der Waals surface area contributed by atoms with Crippen LogP contribution < -0.4 is 9.80 Å². The van der Waals surface area contributed by atoms with Crippen LogP contribution in [0.1, 0.15) is 18.4 Å². The SMILES string of the molecule is Cc1ccc(N2CCC(N3CCN(c4cc(O)cc5cccnc45)CC3)CC2)c2ncccc12. The number of fused-ring (bicyclic) bond motifs is 2. The summed E-state index contributed by atoms with van der Waals surface area (Å²) in [7, 11) is 0. The molecule has 0 amide bonds. The van der Waals surface area contributed by atoms with Crippen LogP contribution in [0.3, 0.4) is 0 Å². The molecule has 0 spiro atoms. The minimum Gasteiger partial charge on any atom is -0.508 e. The number of anilines is 2. The molecule has 0 atom stereocenters. The van der Waals surface area contributed by atoms with E-state index in [-0.39, 0.29) is 0 Å². The zero-order chi connectivity index (χ0) is 23.1. The Hall–Kier alpha value is -3.38. The molecule has 0 bridgehead atoms. The minimum atomic E-state index is 0.309. The van der Waals surface area contributed by atoms with Gasteiger partial charge in [0, 0.05) is 74.5 Å². The number of aryl methyl sites for hydroxylation is 1. The highest BCUT2D eigenvalue weighted by molar-refractivity contribution is 5.93. The first-order chi connectivity index (χ1) is 16.7. The van der Waals surface area contributed by atoms with E-state index in [2.05, 4.69) is 44.8 Å². The van der Waals surface area contributed by atoms with Crippen molar-refractivity contribution < 1.29 is 5.11 Å². The maximum atomic E-state index is 10.2. The van der Waals surface area contributed by atoms with Gasteiger partial charge < -0.3 is 14.9 Å². The van der Waals surface area contributed by atoms with Crippen LogP contribution in [-0.4, -0.2) is 65.3 Å². The molecule has 2 saturated heterocycles. The Morgan fingerprint density at radius 3 is 2.26 bits per heavy atom. The van der Waals surface area contributed by atoms with Gasteiger partial charge in [0.05, 0.1) is 22.4 Å². The Morgan fingerprint density at radius 1 is 0.765 bits per heavy atom. The van der Waals surface area contributed by atoms with Crippen LogP contribution >= 0.6 is 0 Å². The van der Waals surface area contributed by atoms with Crippen LogP contribution in [0.4, 0.5) is 11.4 Å². The molecular formula is C28H31N5O. The molecule has 0 unspecified atom stereocenters. The van der Waals surface area contributed by atoms with E-state index in [0.717, 1.165) is 61.4 Å². The fourth-order valence-corrected chi connectivity index (χ4v) is 5.75. The van der Waals surface area contributed by atoms with Gasteiger partial charge in [-0.25, -0.2) is 0 Å². The number of nitrogens with zero attached hydrogens (tertiary/aromatic N) is 5. The van der Waals surface area contributed by atoms with Crippen LogP contribution in [0.15, 0.2) is 60.9 Å². The number of rotatable bonds is 3. The Morgan fingerprint density at radius 2 is 1.47 bits per heavy atom. The molecule has 4 aromatic rings. The fourth-order valence-electron chi connectivity index (χ4n) is 5.75. The summed E-state index contributed by atoms with van der Waals surface area (Å²) >= 11 is 0. The molecule has 6 heteroatoms. The average molecular weight is 454 g/mol. The molecule has 4 heterocycles. The summed E-state index contributed by atoms with van der Waals surface area (Å²) in [6.45, 7) is 8.31. The normalized spacial score (nSPS) is 18.1. The molecule has 174 valence electrons. The van der Waals surface area contributed by atoms with E-state index in [1.807, 2.05) is 36.7 Å². The molecule has 2 aromatic heterocycles. The maximum Gasteiger partial charge on any atom is 0.118 e. The van der Waals surface area contributed by atoms with E-state index in [4.69, 9.17) is 4.98 Å². The first-order valence-electron chi connectivity index (χ1n) is 12.3. The van der Waals surface area contributed by atoms with E-state index < -0.39 is 0 Å². The van der Waals surface area contributed by atoms with Crippen LogP contribution in [0.5, 0.6) is 5.75 Å². The van der Waals surface area contributed by atoms with E-state index in [0.29, 0.717) is 11.8 Å². The number of benzene rings is 2. The van der Waals surface area contributed by atoms with Gasteiger partial charge in [0.25, 0.3) is 0 Å². The van der Waals surface area contributed by atoms with Crippen molar-refractivity contribution in [1.82, 2.24) is 14.9 Å². The summed E-state index contributed by atoms with van der Waals surface area (Å²) in [6.07, 6.45) is 6.10. The van der Waals surface area contributed by atoms with E-state index in [1.54, 1.807) is 6.07 Å². The highest BCUT2D eigenvalue weighted by Gasteiger charge is 2.29. The van der Waals surface area contributed by atoms with Crippen LogP contribution in [0, 0.1) is 6.92 Å². The highest BCUT2D eigenvalue weighted by Crippen LogP contribution is 2.33. The summed E-state index contributed by atoms with van der Waals surface area (Å²) in [5.41, 5.74) is 5.70. The highest BCUT2D eigenvalue weighted by atomic mass is 16.3. The maximum absolute atomic E-state index is 10.2. The monoisotopic (exact) mass is 453 g/mol. The first-order valence-corrected chi connectivity index (χ1v) is 12.3. The fraction of sp³-hybridized carbons (Fsp3) is 0.357. The molecule has 0 saturated carbocycles. The molecule has 2 aromatic carbocycles. The Kier molecular flexibility index (Phi) is 5.46. The van der Waals surface area contributed by atoms with Crippen molar-refractivity contribution in [2.45, 2.75) is 25.8 Å². The van der Waals surface area contributed by atoms with Gasteiger partial charge in [-0.2, -0.15) is 0 Å². The molecule has 2 aliphatic heterocycles. The van der Waals surface area contributed by atoms with Crippen molar-refractivity contribution in [3.05, 3.63) is 66.5 Å². The lowest BCUT2D eigenvalue weighted by Gasteiger charge is -2.44. The summed E-state index contributed by atoms with van der Waals surface area (Å²) in [5.74, 6) is 0.309. The lowest BCUT2D eigenvalue weighted by molar-refractivity contribution is 0.160. The van der Waals surface area contributed by atoms with Crippen molar-refractivity contribution in [1.29, 1.82) is 0 Å². The van der Waals surface area contributed by atoms with E-state index in [9.17, 15) is 5.11 Å². The number of piperazine rings is 1. The van der Waals surface area contributed by atoms with Crippen LogP contribution in [0.2, 0.25) is 0 Å². The molecule has 0 aliphatic carbocycles. The third-order valence-electron chi connectivity index (χ3n) is 7.61. The average Bonchev–Trinajstić information content (AvgIpc) is 2.89. The van der Waals surface area contributed by atoms with Crippen molar-refractivity contribution in [2.75, 3.05) is 49.1 Å². The van der Waals surface area contributed by atoms with Crippen LogP contribution in [0.25, 0.3) is 21.8 Å². The van der Waals surface area contributed by atoms with E-state index >= 15 is 0 Å². The number of hydrogen-bond donors (Lipinski definition) is 1. The number of phenols is 1. The standard InChI is InChI=1S/C28H31N5O/c1-20-6-7-25(28-24(20)5-3-11-30-28)32-12-8-22(9-13-32)31-14-16-33(17-15-31)26-19-23(34)18-21-4-2-10-29-27(21)26/h2-7,10-11,18-19,22,34H,8-9,12-17H2,1H3. The molecular weight excluding hydrogens is 422 g/mol. The zero-order valence-electron chi connectivity index (χ0n) is 19.7. The van der Waals surface area contributed by atoms with Gasteiger partial charge >= 0.3 is 0 Å². The summed E-state index contributed by atoms with van der Waals surface area (Å²) in [4.78, 5) is 16.9. The summed E-state index contributed by atoms with van der Waals surface area (Å²) in [5, 5.41) is 12.5. The summed E-state index contributed by atoms with van der Waals surface area (Å²) < 4.78 is 0. The third kappa shape index (κ3) is 3.82. The zero-order valence-corrected chi connectivity index (χ0v) is 19.7. The quantitative estimate of drug-likeness (QED) is 0.490. The van der Waals surface area contributed by atoms with Gasteiger partial charge in [-0.3, -0.25) is 14.9 Å². The molecule has 0 radical (unpaired) electrons. The summed E-state index contributed by atoms with van der Waals surface area (Å²) in [6, 6.07) is 16.9. The van der Waals surface area contributed by atoms with Gasteiger partial charge in [0.15, 0.2) is 0 Å². The first kappa shape index (κ1) is 21.2. The molecule has 2 fully saturated rings. The largest absolute Gasteiger partial charge is 0.508 e. The number of hydrogen-bond acceptors (Lipinski definition) is 6. The second-order valence-electron chi connectivity index (χ2n) is 9.58. The second-order valence-corrected chi connectivity index (χ2v) is 9.58. The van der Waals surface area contributed by atoms with Crippen molar-refractivity contribution in [3.8, 4) is 5.75 Å². The lowest BCUT2D eigenvalue weighted by atomic mass is 10.00. The third-order valence-corrected chi connectivity index (χ3v) is 7.61. The Bertz CT molecular complexity index is 1320. The predicted octanol–water partition coefficient (Wildman–Crippen LogP) is 4.59. The second kappa shape index (κ2) is 8.76. The van der Waals surface area contributed by atoms with Crippen molar-refractivity contribution in [3.63, 3.8) is 0 Å². The predicted molar refractivity (Wildman–Crippen MR) is 139 cm³/mol. The molecule has 1 N–H and O–H groups in total. The number of aromatic nitrogens is 2. The van der Waals surface area contributed by atoms with Gasteiger partial charge in [0.2, 0.25) is 0 Å². The Labute approximate surface area is 200 Å². The molecule has 34 heavy (non-hydrogen) atoms. The van der Waals surface area contributed by atoms with Gasteiger partial charge in [-0.05, 0) is 49.6 Å². The van der Waals surface area contributed by atoms with E-state index in [1.165, 1.54) is 29.5 Å². The van der Waals surface area contributed by atoms with Crippen molar-refractivity contribution >= 4 is 33.2 Å². The smallest absolute Gasteiger partial charge is 0.118 e. The molecule has 6 nitrogen and oxygen atoms in total. The number of phenolic OH excluding ortho intramolecular Hbond substituents is 1. The lowest BCUT2D eigenvalue weighted by Crippen LogP contribution is -2.53. The van der Waals surface area contributed by atoms with Crippen molar-refractivity contribution in [2.24, 2.45) is 0 Å².